The summed E-state index contributed by atoms with van der Waals surface area (Å²) in [7, 11) is 0. The molecule has 2 heterocycles. The van der Waals surface area contributed by atoms with Gasteiger partial charge in [-0.25, -0.2) is 9.97 Å². The summed E-state index contributed by atoms with van der Waals surface area (Å²) in [5, 5.41) is 29.6. The molecule has 19 heavy (non-hydrogen) atoms. The number of fused-ring (bicyclic) bond motifs is 1. The molecule has 1 fully saturated rings. The molecule has 0 spiro atoms. The number of aliphatic hydroxyl groups excluding tert-OH is 3. The maximum Gasteiger partial charge on any atom is 0.151 e. The van der Waals surface area contributed by atoms with Crippen LogP contribution >= 0.6 is 11.6 Å². The first kappa shape index (κ1) is 12.6. The average molecular weight is 285 g/mol. The van der Waals surface area contributed by atoms with Crippen LogP contribution in [0.5, 0.6) is 0 Å². The average Bonchev–Trinajstić information content (AvgIpc) is 2.92. The highest BCUT2D eigenvalue weighted by molar-refractivity contribution is 6.35. The van der Waals surface area contributed by atoms with Crippen LogP contribution < -0.4 is 5.73 Å². The molecule has 1 aliphatic carbocycles. The number of nitrogens with zero attached hydrogens (tertiary/aromatic N) is 3. The van der Waals surface area contributed by atoms with Crippen LogP contribution in [0, 0.1) is 0 Å². The number of aromatic nitrogens is 3. The number of imidazole rings is 1. The second kappa shape index (κ2) is 4.31. The van der Waals surface area contributed by atoms with E-state index in [2.05, 4.69) is 9.97 Å². The molecule has 5 N–H and O–H groups in total. The molecule has 4 atom stereocenters. The highest BCUT2D eigenvalue weighted by Gasteiger charge is 2.42. The van der Waals surface area contributed by atoms with Gasteiger partial charge in [0.25, 0.3) is 0 Å². The number of rotatable bonds is 1. The Morgan fingerprint density at radius 1 is 1.26 bits per heavy atom. The van der Waals surface area contributed by atoms with Crippen molar-refractivity contribution in [2.45, 2.75) is 30.8 Å². The topological polar surface area (TPSA) is 117 Å². The highest BCUT2D eigenvalue weighted by Crippen LogP contribution is 2.35. The normalized spacial score (nSPS) is 31.2. The molecule has 102 valence electrons. The molecular formula is C11H13ClN4O3. The maximum absolute atomic E-state index is 9.97. The molecule has 7 nitrogen and oxygen atoms in total. The van der Waals surface area contributed by atoms with E-state index in [1.165, 1.54) is 12.5 Å². The van der Waals surface area contributed by atoms with E-state index in [0.29, 0.717) is 16.1 Å². The van der Waals surface area contributed by atoms with Gasteiger partial charge in [0, 0.05) is 0 Å². The van der Waals surface area contributed by atoms with Gasteiger partial charge >= 0.3 is 0 Å². The van der Waals surface area contributed by atoms with E-state index in [0.717, 1.165) is 0 Å². The molecular weight excluding hydrogens is 272 g/mol. The van der Waals surface area contributed by atoms with Crippen molar-refractivity contribution < 1.29 is 15.3 Å². The number of halogens is 1. The van der Waals surface area contributed by atoms with E-state index >= 15 is 0 Å². The second-order valence-electron chi connectivity index (χ2n) is 4.69. The van der Waals surface area contributed by atoms with Crippen LogP contribution in [0.4, 0.5) is 5.82 Å². The number of nitrogens with two attached hydrogens (primary N) is 1. The van der Waals surface area contributed by atoms with Gasteiger partial charge in [0.1, 0.15) is 17.7 Å². The van der Waals surface area contributed by atoms with Gasteiger partial charge in [-0.1, -0.05) is 11.6 Å². The summed E-state index contributed by atoms with van der Waals surface area (Å²) in [6.07, 6.45) is -0.140. The molecule has 0 radical (unpaired) electrons. The third-order valence-corrected chi connectivity index (χ3v) is 3.83. The Morgan fingerprint density at radius 3 is 2.63 bits per heavy atom. The summed E-state index contributed by atoms with van der Waals surface area (Å²) < 4.78 is 1.62. The fraction of sp³-hybridized carbons (Fsp3) is 0.455. The Hall–Kier alpha value is -1.41. The van der Waals surface area contributed by atoms with Crippen molar-refractivity contribution in [3.05, 3.63) is 17.5 Å². The third-order valence-electron chi connectivity index (χ3n) is 3.56. The van der Waals surface area contributed by atoms with E-state index < -0.39 is 24.4 Å². The van der Waals surface area contributed by atoms with Gasteiger partial charge in [-0.2, -0.15) is 0 Å². The molecule has 1 aliphatic rings. The van der Waals surface area contributed by atoms with E-state index in [4.69, 9.17) is 17.3 Å². The summed E-state index contributed by atoms with van der Waals surface area (Å²) in [6.45, 7) is 0. The van der Waals surface area contributed by atoms with Crippen LogP contribution in [0.2, 0.25) is 5.02 Å². The first-order chi connectivity index (χ1) is 9.00. The van der Waals surface area contributed by atoms with E-state index in [9.17, 15) is 15.3 Å². The van der Waals surface area contributed by atoms with Crippen molar-refractivity contribution in [1.82, 2.24) is 14.5 Å². The van der Waals surface area contributed by atoms with Crippen molar-refractivity contribution in [2.24, 2.45) is 0 Å². The SMILES string of the molecule is Nc1ncc(Cl)c2c1ncn2[C@@H]1C[C@H](O)[C@@H](O)[C@H]1O. The molecule has 0 unspecified atom stereocenters. The minimum absolute atomic E-state index is 0.215. The van der Waals surface area contributed by atoms with Gasteiger partial charge in [0.15, 0.2) is 5.82 Å². The van der Waals surface area contributed by atoms with Crippen molar-refractivity contribution in [3.8, 4) is 0 Å². The van der Waals surface area contributed by atoms with Crippen molar-refractivity contribution in [3.63, 3.8) is 0 Å². The number of anilines is 1. The first-order valence-corrected chi connectivity index (χ1v) is 6.19. The summed E-state index contributed by atoms with van der Waals surface area (Å²) >= 11 is 6.09. The lowest BCUT2D eigenvalue weighted by molar-refractivity contribution is -0.0244. The van der Waals surface area contributed by atoms with E-state index in [1.54, 1.807) is 4.57 Å². The Morgan fingerprint density at radius 2 is 2.00 bits per heavy atom. The predicted octanol–water partition coefficient (Wildman–Crippen LogP) is -0.306. The zero-order chi connectivity index (χ0) is 13.7. The first-order valence-electron chi connectivity index (χ1n) is 5.81. The lowest BCUT2D eigenvalue weighted by Crippen LogP contribution is -2.31. The standard InChI is InChI=1S/C11H13ClN4O3/c12-4-2-14-11(13)7-8(4)16(3-15-7)5-1-6(17)10(19)9(5)18/h2-3,5-6,9-10,17-19H,1H2,(H2,13,14)/t5-,6+,9+,10-/m1/s1. The van der Waals surface area contributed by atoms with Gasteiger partial charge in [-0.15, -0.1) is 0 Å². The molecule has 8 heteroatoms. The molecule has 1 saturated carbocycles. The third kappa shape index (κ3) is 1.78. The number of hydrogen-bond donors (Lipinski definition) is 4. The van der Waals surface area contributed by atoms with Crippen molar-refractivity contribution in [2.75, 3.05) is 5.73 Å². The summed E-state index contributed by atoms with van der Waals surface area (Å²) in [5.74, 6) is 0.242. The van der Waals surface area contributed by atoms with Crippen molar-refractivity contribution >= 4 is 28.5 Å². The molecule has 2 aromatic rings. The van der Waals surface area contributed by atoms with Crippen LogP contribution in [-0.4, -0.2) is 48.2 Å². The quantitative estimate of drug-likeness (QED) is 0.571. The van der Waals surface area contributed by atoms with E-state index in [-0.39, 0.29) is 12.2 Å². The second-order valence-corrected chi connectivity index (χ2v) is 5.10. The molecule has 2 aromatic heterocycles. The van der Waals surface area contributed by atoms with Gasteiger partial charge in [0.2, 0.25) is 0 Å². The van der Waals surface area contributed by atoms with Crippen LogP contribution in [0.15, 0.2) is 12.5 Å². The monoisotopic (exact) mass is 284 g/mol. The van der Waals surface area contributed by atoms with Crippen LogP contribution in [0.25, 0.3) is 11.0 Å². The Balaban J connectivity index is 2.14. The van der Waals surface area contributed by atoms with Crippen LogP contribution in [0.3, 0.4) is 0 Å². The largest absolute Gasteiger partial charge is 0.390 e. The summed E-state index contributed by atoms with van der Waals surface area (Å²) in [6, 6.07) is -0.505. The van der Waals surface area contributed by atoms with Crippen LogP contribution in [0.1, 0.15) is 12.5 Å². The highest BCUT2D eigenvalue weighted by atomic mass is 35.5. The van der Waals surface area contributed by atoms with Gasteiger partial charge in [-0.05, 0) is 6.42 Å². The smallest absolute Gasteiger partial charge is 0.151 e. The van der Waals surface area contributed by atoms with Gasteiger partial charge < -0.3 is 25.6 Å². The summed E-state index contributed by atoms with van der Waals surface area (Å²) in [5.41, 5.74) is 6.70. The fourth-order valence-electron chi connectivity index (χ4n) is 2.54. The Labute approximate surface area is 113 Å². The summed E-state index contributed by atoms with van der Waals surface area (Å²) in [4.78, 5) is 8.03. The predicted molar refractivity (Wildman–Crippen MR) is 68.6 cm³/mol. The number of nitrogen functional groups attached to an aromatic ring is 1. The Bertz CT molecular complexity index is 632. The van der Waals surface area contributed by atoms with Gasteiger partial charge in [-0.3, -0.25) is 0 Å². The molecule has 0 amide bonds. The lowest BCUT2D eigenvalue weighted by Gasteiger charge is -2.18. The molecule has 0 aromatic carbocycles. The fourth-order valence-corrected chi connectivity index (χ4v) is 2.78. The maximum atomic E-state index is 9.97. The zero-order valence-corrected chi connectivity index (χ0v) is 10.6. The molecule has 0 saturated heterocycles. The van der Waals surface area contributed by atoms with E-state index in [1.807, 2.05) is 0 Å². The molecule has 0 bridgehead atoms. The van der Waals surface area contributed by atoms with Crippen molar-refractivity contribution in [1.29, 1.82) is 0 Å². The minimum atomic E-state index is -1.18. The van der Waals surface area contributed by atoms with Gasteiger partial charge in [0.05, 0.1) is 35.2 Å². The number of pyridine rings is 1. The minimum Gasteiger partial charge on any atom is -0.390 e. The molecule has 3 rings (SSSR count). The number of aliphatic hydroxyl groups is 3. The number of hydrogen-bond acceptors (Lipinski definition) is 6. The zero-order valence-electron chi connectivity index (χ0n) is 9.81. The lowest BCUT2D eigenvalue weighted by atomic mass is 10.2. The van der Waals surface area contributed by atoms with Crippen LogP contribution in [-0.2, 0) is 0 Å². The molecule has 0 aliphatic heterocycles. The Kier molecular flexibility index (Phi) is 2.86.